The van der Waals surface area contributed by atoms with E-state index >= 15 is 9.13 Å². The first-order chi connectivity index (χ1) is 29.6. The second-order valence-electron chi connectivity index (χ2n) is 16.1. The molecule has 0 bridgehead atoms. The zero-order chi connectivity index (χ0) is 44.4. The summed E-state index contributed by atoms with van der Waals surface area (Å²) in [5.41, 5.74) is 7.46. The Morgan fingerprint density at radius 3 is 0.855 bits per heavy atom. The third-order valence-electron chi connectivity index (χ3n) is 12.0. The lowest BCUT2D eigenvalue weighted by atomic mass is 10.0. The molecular formula is C50H52O10P2. The SMILES string of the molecule is COc1c(C)cc(P(=O)(c2cc(C)c(OC)c(C)c2)c2ccc3c(c2-c2c(P(=O)(c4cc(C)c(OC)c(C)c4)c4cc(C)c(OC)c(C)c4)ccc4c2OCO4)OCO3)cc1C. The summed E-state index contributed by atoms with van der Waals surface area (Å²) < 4.78 is 82.7. The van der Waals surface area contributed by atoms with Gasteiger partial charge in [0, 0.05) is 43.0 Å². The van der Waals surface area contributed by atoms with Gasteiger partial charge in [0.05, 0.1) is 28.4 Å². The van der Waals surface area contributed by atoms with Crippen LogP contribution in [0.2, 0.25) is 0 Å². The molecular weight excluding hydrogens is 822 g/mol. The van der Waals surface area contributed by atoms with Crippen molar-refractivity contribution >= 4 is 46.1 Å². The number of fused-ring (bicyclic) bond motifs is 2. The van der Waals surface area contributed by atoms with Gasteiger partial charge in [-0.1, -0.05) is 0 Å². The van der Waals surface area contributed by atoms with Gasteiger partial charge < -0.3 is 47.0 Å². The van der Waals surface area contributed by atoms with Gasteiger partial charge in [0.15, 0.2) is 37.3 Å². The molecule has 0 saturated carbocycles. The maximum Gasteiger partial charge on any atom is 0.231 e. The van der Waals surface area contributed by atoms with Gasteiger partial charge in [0.25, 0.3) is 0 Å². The lowest BCUT2D eigenvalue weighted by Crippen LogP contribution is -2.31. The van der Waals surface area contributed by atoms with Crippen molar-refractivity contribution < 1.29 is 47.0 Å². The van der Waals surface area contributed by atoms with Crippen LogP contribution in [0.4, 0.5) is 0 Å². The van der Waals surface area contributed by atoms with Crippen LogP contribution in [0.15, 0.2) is 72.8 Å². The minimum absolute atomic E-state index is 0.0787. The molecule has 0 radical (unpaired) electrons. The number of aryl methyl sites for hydroxylation is 8. The lowest BCUT2D eigenvalue weighted by molar-refractivity contribution is 0.173. The van der Waals surface area contributed by atoms with Crippen molar-refractivity contribution in [3.8, 4) is 57.1 Å². The van der Waals surface area contributed by atoms with Crippen LogP contribution in [0.1, 0.15) is 44.5 Å². The molecule has 0 N–H and O–H groups in total. The Morgan fingerprint density at radius 2 is 0.629 bits per heavy atom. The van der Waals surface area contributed by atoms with Crippen LogP contribution < -0.4 is 69.7 Å². The minimum Gasteiger partial charge on any atom is -0.496 e. The molecule has 6 aromatic rings. The standard InChI is InChI=1S/C50H52O10P2/c1-27-17-35(18-28(2)45(27)53-9)61(51,36-19-29(3)46(54-10)30(4)20-36)41-15-13-39-49(59-25-57-39)43(41)44-42(16-14-40-50(44)60-26-58-40)62(52,37-21-31(5)47(55-11)32(6)22-37)38-23-33(7)48(56-12)34(8)24-38/h13-24H,25-26H2,1-12H3. The van der Waals surface area contributed by atoms with E-state index in [-0.39, 0.29) is 13.6 Å². The smallest absolute Gasteiger partial charge is 0.231 e. The predicted molar refractivity (Wildman–Crippen MR) is 247 cm³/mol. The van der Waals surface area contributed by atoms with Gasteiger partial charge in [-0.05, 0) is 173 Å². The molecule has 0 fully saturated rings. The van der Waals surface area contributed by atoms with Crippen molar-refractivity contribution in [1.29, 1.82) is 0 Å². The van der Waals surface area contributed by atoms with Gasteiger partial charge in [-0.25, -0.2) is 0 Å². The second-order valence-corrected chi connectivity index (χ2v) is 21.5. The zero-order valence-electron chi connectivity index (χ0n) is 37.3. The molecule has 0 aromatic heterocycles. The predicted octanol–water partition coefficient (Wildman–Crippen LogP) is 8.59. The van der Waals surface area contributed by atoms with Crippen LogP contribution in [0.5, 0.6) is 46.0 Å². The average Bonchev–Trinajstić information content (AvgIpc) is 3.92. The summed E-state index contributed by atoms with van der Waals surface area (Å²) in [5.74, 6) is 4.43. The molecule has 8 rings (SSSR count). The fraction of sp³-hybridized carbons (Fsp3) is 0.280. The van der Waals surface area contributed by atoms with E-state index in [1.165, 1.54) is 0 Å². The molecule has 322 valence electrons. The van der Waals surface area contributed by atoms with Crippen LogP contribution in [0.3, 0.4) is 0 Å². The molecule has 2 aliphatic rings. The molecule has 12 heteroatoms. The van der Waals surface area contributed by atoms with Gasteiger partial charge in [-0.2, -0.15) is 0 Å². The first-order valence-electron chi connectivity index (χ1n) is 20.3. The van der Waals surface area contributed by atoms with E-state index in [2.05, 4.69) is 0 Å². The van der Waals surface area contributed by atoms with Gasteiger partial charge >= 0.3 is 0 Å². The van der Waals surface area contributed by atoms with Crippen molar-refractivity contribution in [2.75, 3.05) is 42.0 Å². The number of benzene rings is 6. The fourth-order valence-electron chi connectivity index (χ4n) is 9.51. The number of ether oxygens (including phenoxy) is 8. The Labute approximate surface area is 363 Å². The van der Waals surface area contributed by atoms with Crippen LogP contribution in [-0.2, 0) is 9.13 Å². The Balaban J connectivity index is 1.56. The fourth-order valence-corrected chi connectivity index (χ4v) is 15.8. The van der Waals surface area contributed by atoms with Crippen molar-refractivity contribution in [3.63, 3.8) is 0 Å². The second kappa shape index (κ2) is 16.1. The van der Waals surface area contributed by atoms with Crippen molar-refractivity contribution in [3.05, 3.63) is 117 Å². The molecule has 10 nitrogen and oxygen atoms in total. The van der Waals surface area contributed by atoms with E-state index in [4.69, 9.17) is 37.9 Å². The maximum absolute atomic E-state index is 17.2. The van der Waals surface area contributed by atoms with Gasteiger partial charge in [0.1, 0.15) is 23.0 Å². The van der Waals surface area contributed by atoms with E-state index in [1.54, 1.807) is 40.6 Å². The third kappa shape index (κ3) is 6.62. The van der Waals surface area contributed by atoms with Crippen molar-refractivity contribution in [2.45, 2.75) is 55.4 Å². The van der Waals surface area contributed by atoms with Gasteiger partial charge in [-0.3, -0.25) is 0 Å². The highest BCUT2D eigenvalue weighted by molar-refractivity contribution is 7.86. The molecule has 0 atom stereocenters. The molecule has 0 amide bonds. The van der Waals surface area contributed by atoms with Crippen LogP contribution in [-0.4, -0.2) is 42.0 Å². The number of hydrogen-bond acceptors (Lipinski definition) is 10. The molecule has 0 spiro atoms. The molecule has 0 unspecified atom stereocenters. The molecule has 62 heavy (non-hydrogen) atoms. The largest absolute Gasteiger partial charge is 0.496 e. The number of methoxy groups -OCH3 is 4. The highest BCUT2D eigenvalue weighted by atomic mass is 31.2. The Hall–Kier alpha value is -5.82. The average molecular weight is 875 g/mol. The van der Waals surface area contributed by atoms with E-state index in [9.17, 15) is 0 Å². The summed E-state index contributed by atoms with van der Waals surface area (Å²) in [7, 11) is -1.34. The van der Waals surface area contributed by atoms with E-state index in [0.29, 0.717) is 89.0 Å². The van der Waals surface area contributed by atoms with Crippen LogP contribution in [0.25, 0.3) is 11.1 Å². The maximum atomic E-state index is 17.2. The summed E-state index contributed by atoms with van der Waals surface area (Å²) in [6.07, 6.45) is 0. The quantitative estimate of drug-likeness (QED) is 0.118. The Bertz CT molecular complexity index is 2500. The van der Waals surface area contributed by atoms with Crippen molar-refractivity contribution in [1.82, 2.24) is 0 Å². The minimum atomic E-state index is -3.94. The molecule has 0 aliphatic carbocycles. The lowest BCUT2D eigenvalue weighted by Gasteiger charge is -2.29. The summed E-state index contributed by atoms with van der Waals surface area (Å²) in [6, 6.07) is 22.8. The van der Waals surface area contributed by atoms with Gasteiger partial charge in [0.2, 0.25) is 13.6 Å². The molecule has 6 aromatic carbocycles. The first-order valence-corrected chi connectivity index (χ1v) is 23.7. The summed E-state index contributed by atoms with van der Waals surface area (Å²) in [4.78, 5) is 0. The van der Waals surface area contributed by atoms with Crippen LogP contribution >= 0.6 is 14.3 Å². The summed E-state index contributed by atoms with van der Waals surface area (Å²) >= 11 is 0. The topological polar surface area (TPSA) is 108 Å². The van der Waals surface area contributed by atoms with Gasteiger partial charge in [-0.15, -0.1) is 0 Å². The zero-order valence-corrected chi connectivity index (χ0v) is 39.1. The van der Waals surface area contributed by atoms with Crippen LogP contribution in [0, 0.1) is 55.4 Å². The first kappa shape index (κ1) is 42.9. The number of rotatable bonds is 11. The van der Waals surface area contributed by atoms with Crippen molar-refractivity contribution in [2.24, 2.45) is 0 Å². The van der Waals surface area contributed by atoms with E-state index in [1.807, 2.05) is 116 Å². The number of hydrogen-bond donors (Lipinski definition) is 0. The molecule has 2 heterocycles. The Morgan fingerprint density at radius 1 is 0.387 bits per heavy atom. The summed E-state index contributed by atoms with van der Waals surface area (Å²) in [6.45, 7) is 15.4. The Kier molecular flexibility index (Phi) is 11.2. The monoisotopic (exact) mass is 874 g/mol. The highest BCUT2D eigenvalue weighted by Gasteiger charge is 2.43. The van der Waals surface area contributed by atoms with E-state index < -0.39 is 14.3 Å². The highest BCUT2D eigenvalue weighted by Crippen LogP contribution is 2.58. The van der Waals surface area contributed by atoms with E-state index in [0.717, 1.165) is 44.5 Å². The molecule has 2 aliphatic heterocycles. The molecule has 0 saturated heterocycles. The summed E-state index contributed by atoms with van der Waals surface area (Å²) in [5, 5.41) is 3.19. The third-order valence-corrected chi connectivity index (χ3v) is 18.1. The normalized spacial score (nSPS) is 13.0.